The largest absolute Gasteiger partial charge is 1.00 e. The summed E-state index contributed by atoms with van der Waals surface area (Å²) in [5.74, 6) is -0.631. The fourth-order valence-corrected chi connectivity index (χ4v) is 2.88. The van der Waals surface area contributed by atoms with Crippen molar-refractivity contribution in [2.75, 3.05) is 6.61 Å². The maximum absolute atomic E-state index is 11.2. The molecule has 0 aliphatic rings. The van der Waals surface area contributed by atoms with Crippen molar-refractivity contribution in [3.63, 3.8) is 0 Å². The molecule has 0 radical (unpaired) electrons. The maximum Gasteiger partial charge on any atom is 1.00 e. The van der Waals surface area contributed by atoms with Gasteiger partial charge in [0.1, 0.15) is 12.4 Å². The summed E-state index contributed by atoms with van der Waals surface area (Å²) in [6, 6.07) is 17.8. The Bertz CT molecular complexity index is 1000. The van der Waals surface area contributed by atoms with Crippen LogP contribution < -0.4 is 39.4 Å². The van der Waals surface area contributed by atoms with Crippen LogP contribution in [0.2, 0.25) is 5.02 Å². The minimum atomic E-state index is -1.31. The summed E-state index contributed by atoms with van der Waals surface area (Å²) in [4.78, 5) is 15.4. The minimum absolute atomic E-state index is 0. The van der Waals surface area contributed by atoms with E-state index in [2.05, 4.69) is 4.98 Å². The van der Waals surface area contributed by atoms with E-state index in [1.165, 1.54) is 6.07 Å². The van der Waals surface area contributed by atoms with Gasteiger partial charge in [0.05, 0.1) is 17.4 Å². The van der Waals surface area contributed by atoms with Crippen LogP contribution in [0.1, 0.15) is 17.4 Å². The normalized spacial score (nSPS) is 10.5. The molecule has 3 rings (SSSR count). The smallest absolute Gasteiger partial charge is 0.543 e. The second-order valence-corrected chi connectivity index (χ2v) is 6.20. The van der Waals surface area contributed by atoms with Crippen LogP contribution in [0, 0.1) is 0 Å². The molecule has 0 saturated carbocycles. The van der Waals surface area contributed by atoms with E-state index in [0.29, 0.717) is 23.1 Å². The summed E-state index contributed by atoms with van der Waals surface area (Å²) in [5.41, 5.74) is 2.85. The van der Waals surface area contributed by atoms with Crippen molar-refractivity contribution >= 4 is 17.6 Å². The molecular formula is C22H17ClNNaO3. The first-order valence-electron chi connectivity index (χ1n) is 8.42. The Kier molecular flexibility index (Phi) is 8.27. The van der Waals surface area contributed by atoms with Crippen LogP contribution >= 0.6 is 11.6 Å². The molecule has 0 spiro atoms. The fourth-order valence-electron chi connectivity index (χ4n) is 2.71. The quantitative estimate of drug-likeness (QED) is 0.462. The fraction of sp³-hybridized carbons (Fsp3) is 0.0909. The summed E-state index contributed by atoms with van der Waals surface area (Å²) in [6.45, 7) is 2.36. The number of carbonyl (C=O) groups is 1. The minimum Gasteiger partial charge on any atom is -0.543 e. The molecule has 0 aliphatic heterocycles. The molecular weight excluding hydrogens is 385 g/mol. The van der Waals surface area contributed by atoms with Crippen LogP contribution in [-0.2, 0) is 0 Å². The number of rotatable bonds is 6. The van der Waals surface area contributed by atoms with E-state index < -0.39 is 5.97 Å². The number of carboxylic acid groups (broad SMARTS) is 1. The van der Waals surface area contributed by atoms with Crippen LogP contribution in [-0.4, -0.2) is 17.6 Å². The third-order valence-electron chi connectivity index (χ3n) is 3.96. The topological polar surface area (TPSA) is 62.2 Å². The molecule has 28 heavy (non-hydrogen) atoms. The predicted octanol–water partition coefficient (Wildman–Crippen LogP) is 1.39. The maximum atomic E-state index is 11.2. The molecule has 1 aromatic heterocycles. The summed E-state index contributed by atoms with van der Waals surface area (Å²) >= 11 is 6.22. The number of hydrogen-bond donors (Lipinski definition) is 0. The third-order valence-corrected chi connectivity index (χ3v) is 4.20. The number of aromatic nitrogens is 1. The van der Waals surface area contributed by atoms with Gasteiger partial charge in [0, 0.05) is 16.1 Å². The van der Waals surface area contributed by atoms with Crippen LogP contribution in [0.3, 0.4) is 0 Å². The third kappa shape index (κ3) is 5.24. The Morgan fingerprint density at radius 2 is 1.82 bits per heavy atom. The average Bonchev–Trinajstić information content (AvgIpc) is 2.69. The molecule has 0 amide bonds. The van der Waals surface area contributed by atoms with Gasteiger partial charge in [-0.05, 0) is 42.8 Å². The van der Waals surface area contributed by atoms with Gasteiger partial charge in [-0.25, -0.2) is 4.98 Å². The molecule has 4 nitrogen and oxygen atoms in total. The molecule has 0 unspecified atom stereocenters. The number of hydrogen-bond acceptors (Lipinski definition) is 4. The molecule has 0 aliphatic carbocycles. The first-order valence-corrected chi connectivity index (χ1v) is 8.79. The molecule has 2 aromatic carbocycles. The molecule has 136 valence electrons. The number of halogens is 1. The van der Waals surface area contributed by atoms with Crippen LogP contribution in [0.4, 0.5) is 0 Å². The Hall–Kier alpha value is -2.11. The number of pyridine rings is 1. The molecule has 6 heteroatoms. The van der Waals surface area contributed by atoms with Crippen LogP contribution in [0.15, 0.2) is 72.8 Å². The SMILES string of the molecule is CC=CCOc1ccc(Cl)cc1-c1ccccc1-c1cccc(C(=O)[O-])n1.[Na+]. The Morgan fingerprint density at radius 1 is 1.07 bits per heavy atom. The van der Waals surface area contributed by atoms with Gasteiger partial charge in [-0.3, -0.25) is 0 Å². The second-order valence-electron chi connectivity index (χ2n) is 5.76. The number of allylic oxidation sites excluding steroid dienone is 1. The first-order chi connectivity index (χ1) is 13.1. The predicted molar refractivity (Wildman–Crippen MR) is 105 cm³/mol. The summed E-state index contributed by atoms with van der Waals surface area (Å²) in [7, 11) is 0. The zero-order valence-corrected chi connectivity index (χ0v) is 18.4. The van der Waals surface area contributed by atoms with Gasteiger partial charge in [-0.2, -0.15) is 0 Å². The molecule has 0 bridgehead atoms. The number of carbonyl (C=O) groups excluding carboxylic acids is 1. The summed E-state index contributed by atoms with van der Waals surface area (Å²) < 4.78 is 5.87. The van der Waals surface area contributed by atoms with Gasteiger partial charge in [0.25, 0.3) is 0 Å². The first kappa shape index (κ1) is 22.2. The van der Waals surface area contributed by atoms with Crippen LogP contribution in [0.5, 0.6) is 5.75 Å². The monoisotopic (exact) mass is 401 g/mol. The van der Waals surface area contributed by atoms with Crippen LogP contribution in [0.25, 0.3) is 22.4 Å². The Balaban J connectivity index is 0.00000280. The van der Waals surface area contributed by atoms with E-state index >= 15 is 0 Å². The Labute approximate surface area is 191 Å². The van der Waals surface area contributed by atoms with E-state index in [1.807, 2.05) is 55.5 Å². The van der Waals surface area contributed by atoms with E-state index in [4.69, 9.17) is 16.3 Å². The molecule has 0 atom stereocenters. The molecule has 3 aromatic rings. The number of aromatic carboxylic acids is 1. The molecule has 0 fully saturated rings. The van der Waals surface area contributed by atoms with Crippen molar-refractivity contribution in [1.29, 1.82) is 0 Å². The second kappa shape index (κ2) is 10.4. The van der Waals surface area contributed by atoms with Gasteiger partial charge in [0.15, 0.2) is 0 Å². The Morgan fingerprint density at radius 3 is 2.54 bits per heavy atom. The molecule has 1 heterocycles. The van der Waals surface area contributed by atoms with Gasteiger partial charge in [-0.15, -0.1) is 0 Å². The summed E-state index contributed by atoms with van der Waals surface area (Å²) in [5, 5.41) is 11.7. The number of carboxylic acids is 1. The van der Waals surface area contributed by atoms with Crippen molar-refractivity contribution in [1.82, 2.24) is 4.98 Å². The van der Waals surface area contributed by atoms with Crippen molar-refractivity contribution in [3.8, 4) is 28.1 Å². The van der Waals surface area contributed by atoms with Gasteiger partial charge in [0.2, 0.25) is 0 Å². The number of ether oxygens (including phenoxy) is 1. The van der Waals surface area contributed by atoms with E-state index in [0.717, 1.165) is 16.7 Å². The number of benzene rings is 2. The molecule has 0 saturated heterocycles. The average molecular weight is 402 g/mol. The summed E-state index contributed by atoms with van der Waals surface area (Å²) in [6.07, 6.45) is 3.83. The van der Waals surface area contributed by atoms with Crippen molar-refractivity contribution in [3.05, 3.63) is 83.5 Å². The van der Waals surface area contributed by atoms with Crippen molar-refractivity contribution in [2.24, 2.45) is 0 Å². The van der Waals surface area contributed by atoms with E-state index in [9.17, 15) is 9.90 Å². The van der Waals surface area contributed by atoms with Gasteiger partial charge in [-0.1, -0.05) is 54.1 Å². The standard InChI is InChI=1S/C22H18ClNO3.Na/c1-2-3-13-27-21-12-11-15(23)14-18(21)16-7-4-5-8-17(16)19-9-6-10-20(24-19)22(25)26;/h2-12,14H,13H2,1H3,(H,25,26);/q;+1/p-1. The van der Waals surface area contributed by atoms with E-state index in [-0.39, 0.29) is 35.3 Å². The van der Waals surface area contributed by atoms with Gasteiger partial charge >= 0.3 is 29.6 Å². The van der Waals surface area contributed by atoms with E-state index in [1.54, 1.807) is 18.2 Å². The zero-order chi connectivity index (χ0) is 19.2. The number of nitrogens with zero attached hydrogens (tertiary/aromatic N) is 1. The van der Waals surface area contributed by atoms with Gasteiger partial charge < -0.3 is 14.6 Å². The van der Waals surface area contributed by atoms with Crippen molar-refractivity contribution < 1.29 is 44.2 Å². The molecule has 0 N–H and O–H groups in total. The van der Waals surface area contributed by atoms with Crippen molar-refractivity contribution in [2.45, 2.75) is 6.92 Å². The zero-order valence-electron chi connectivity index (χ0n) is 15.7.